The number of rotatable bonds is 6. The van der Waals surface area contributed by atoms with Gasteiger partial charge in [0.1, 0.15) is 11.3 Å². The highest BCUT2D eigenvalue weighted by Crippen LogP contribution is 2.16. The summed E-state index contributed by atoms with van der Waals surface area (Å²) in [7, 11) is 0. The molecule has 0 bridgehead atoms. The van der Waals surface area contributed by atoms with Crippen LogP contribution in [0.25, 0.3) is 0 Å². The first-order valence-corrected chi connectivity index (χ1v) is 9.22. The minimum atomic E-state index is -0.254. The maximum Gasteiger partial charge on any atom is 0.259 e. The second-order valence-electron chi connectivity index (χ2n) is 5.95. The van der Waals surface area contributed by atoms with Crippen molar-refractivity contribution in [2.45, 2.75) is 19.4 Å². The van der Waals surface area contributed by atoms with Crippen LogP contribution < -0.4 is 10.2 Å². The SMILES string of the molecule is CCC(O)CN1CCN(c2ccc(C(=O)Nc3nncs3)cn2)CC1. The first-order valence-electron chi connectivity index (χ1n) is 8.34. The van der Waals surface area contributed by atoms with Crippen molar-refractivity contribution in [1.82, 2.24) is 20.1 Å². The molecular weight excluding hydrogens is 340 g/mol. The first-order chi connectivity index (χ1) is 12.2. The van der Waals surface area contributed by atoms with E-state index in [-0.39, 0.29) is 12.0 Å². The van der Waals surface area contributed by atoms with Gasteiger partial charge in [0.2, 0.25) is 5.13 Å². The summed E-state index contributed by atoms with van der Waals surface area (Å²) >= 11 is 1.27. The summed E-state index contributed by atoms with van der Waals surface area (Å²) in [4.78, 5) is 21.0. The molecule has 134 valence electrons. The molecule has 1 fully saturated rings. The van der Waals surface area contributed by atoms with Crippen LogP contribution in [0.2, 0.25) is 0 Å². The van der Waals surface area contributed by atoms with E-state index in [0.29, 0.717) is 10.7 Å². The number of aliphatic hydroxyl groups is 1. The molecule has 9 heteroatoms. The number of amides is 1. The van der Waals surface area contributed by atoms with Crippen LogP contribution in [0.4, 0.5) is 10.9 Å². The van der Waals surface area contributed by atoms with Crippen LogP contribution in [0.1, 0.15) is 23.7 Å². The average molecular weight is 362 g/mol. The Morgan fingerprint density at radius 1 is 1.36 bits per heavy atom. The van der Waals surface area contributed by atoms with Crippen LogP contribution in [0.5, 0.6) is 0 Å². The molecule has 0 spiro atoms. The van der Waals surface area contributed by atoms with Crippen molar-refractivity contribution in [3.63, 3.8) is 0 Å². The highest BCUT2D eigenvalue weighted by atomic mass is 32.1. The Balaban J connectivity index is 1.53. The van der Waals surface area contributed by atoms with Gasteiger partial charge < -0.3 is 10.0 Å². The zero-order chi connectivity index (χ0) is 17.6. The monoisotopic (exact) mass is 362 g/mol. The standard InChI is InChI=1S/C16H22N6O2S/c1-2-13(23)10-21-5-7-22(8-6-21)14-4-3-12(9-17-14)15(24)19-16-20-18-11-25-16/h3-4,9,11,13,23H,2,5-8,10H2,1H3,(H,19,20,24). The lowest BCUT2D eigenvalue weighted by atomic mass is 10.2. The molecule has 8 nitrogen and oxygen atoms in total. The van der Waals surface area contributed by atoms with Crippen LogP contribution in [-0.2, 0) is 0 Å². The summed E-state index contributed by atoms with van der Waals surface area (Å²) < 4.78 is 0. The highest BCUT2D eigenvalue weighted by Gasteiger charge is 2.20. The van der Waals surface area contributed by atoms with E-state index in [4.69, 9.17) is 0 Å². The van der Waals surface area contributed by atoms with Gasteiger partial charge in [-0.05, 0) is 18.6 Å². The number of nitrogens with zero attached hydrogens (tertiary/aromatic N) is 5. The summed E-state index contributed by atoms with van der Waals surface area (Å²) in [5, 5.41) is 20.4. The van der Waals surface area contributed by atoms with Crippen molar-refractivity contribution in [3.8, 4) is 0 Å². The Kier molecular flexibility index (Phi) is 5.90. The number of anilines is 2. The Bertz CT molecular complexity index is 670. The van der Waals surface area contributed by atoms with Crippen LogP contribution in [-0.4, -0.2) is 69.9 Å². The normalized spacial score (nSPS) is 16.6. The molecule has 1 aliphatic heterocycles. The van der Waals surface area contributed by atoms with E-state index in [9.17, 15) is 9.90 Å². The van der Waals surface area contributed by atoms with Crippen molar-refractivity contribution >= 4 is 28.2 Å². The number of piperazine rings is 1. The quantitative estimate of drug-likeness (QED) is 0.794. The van der Waals surface area contributed by atoms with E-state index in [1.165, 1.54) is 11.3 Å². The van der Waals surface area contributed by atoms with Crippen molar-refractivity contribution in [2.24, 2.45) is 0 Å². The summed E-state index contributed by atoms with van der Waals surface area (Å²) in [6, 6.07) is 3.64. The minimum Gasteiger partial charge on any atom is -0.392 e. The van der Waals surface area contributed by atoms with Crippen LogP contribution >= 0.6 is 11.3 Å². The molecule has 1 unspecified atom stereocenters. The predicted molar refractivity (Wildman–Crippen MR) is 97.1 cm³/mol. The summed E-state index contributed by atoms with van der Waals surface area (Å²) in [5.41, 5.74) is 2.06. The number of hydrogen-bond acceptors (Lipinski definition) is 8. The summed E-state index contributed by atoms with van der Waals surface area (Å²) in [5.74, 6) is 0.623. The lowest BCUT2D eigenvalue weighted by molar-refractivity contribution is 0.102. The van der Waals surface area contributed by atoms with Gasteiger partial charge in [0, 0.05) is 38.9 Å². The third-order valence-electron chi connectivity index (χ3n) is 4.23. The molecule has 25 heavy (non-hydrogen) atoms. The van der Waals surface area contributed by atoms with Crippen molar-refractivity contribution in [2.75, 3.05) is 42.9 Å². The van der Waals surface area contributed by atoms with Crippen molar-refractivity contribution in [1.29, 1.82) is 0 Å². The number of hydrogen-bond donors (Lipinski definition) is 2. The zero-order valence-electron chi connectivity index (χ0n) is 14.1. The number of nitrogens with one attached hydrogen (secondary N) is 1. The van der Waals surface area contributed by atoms with Gasteiger partial charge >= 0.3 is 0 Å². The summed E-state index contributed by atoms with van der Waals surface area (Å²) in [6.45, 7) is 6.24. The molecule has 3 heterocycles. The maximum atomic E-state index is 12.1. The van der Waals surface area contributed by atoms with Crippen molar-refractivity contribution < 1.29 is 9.90 Å². The molecule has 1 saturated heterocycles. The van der Waals surface area contributed by atoms with Gasteiger partial charge in [-0.25, -0.2) is 4.98 Å². The third kappa shape index (κ3) is 4.71. The Morgan fingerprint density at radius 2 is 2.16 bits per heavy atom. The van der Waals surface area contributed by atoms with E-state index in [1.54, 1.807) is 17.8 Å². The fraction of sp³-hybridized carbons (Fsp3) is 0.500. The highest BCUT2D eigenvalue weighted by molar-refractivity contribution is 7.13. The molecule has 2 aromatic heterocycles. The minimum absolute atomic E-state index is 0.242. The number of aromatic nitrogens is 3. The van der Waals surface area contributed by atoms with Crippen LogP contribution in [0.3, 0.4) is 0 Å². The van der Waals surface area contributed by atoms with Gasteiger partial charge in [0.05, 0.1) is 11.7 Å². The molecule has 0 saturated carbocycles. The molecule has 1 atom stereocenters. The second kappa shape index (κ2) is 8.32. The maximum absolute atomic E-state index is 12.1. The third-order valence-corrected chi connectivity index (χ3v) is 4.83. The zero-order valence-corrected chi connectivity index (χ0v) is 14.9. The number of aliphatic hydroxyl groups excluding tert-OH is 1. The molecule has 0 aliphatic carbocycles. The number of β-amino-alcohol motifs (C(OH)–C–C–N with tert-alkyl or cyclic N) is 1. The number of pyridine rings is 1. The largest absolute Gasteiger partial charge is 0.392 e. The molecular formula is C16H22N6O2S. The van der Waals surface area contributed by atoms with Gasteiger partial charge in [-0.1, -0.05) is 18.3 Å². The molecule has 0 radical (unpaired) electrons. The van der Waals surface area contributed by atoms with Gasteiger partial charge in [0.15, 0.2) is 0 Å². The van der Waals surface area contributed by atoms with Crippen LogP contribution in [0.15, 0.2) is 23.8 Å². The molecule has 2 N–H and O–H groups in total. The Morgan fingerprint density at radius 3 is 2.76 bits per heavy atom. The van der Waals surface area contributed by atoms with Gasteiger partial charge in [-0.15, -0.1) is 10.2 Å². The predicted octanol–water partition coefficient (Wildman–Crippen LogP) is 1.08. The average Bonchev–Trinajstić information content (AvgIpc) is 3.15. The van der Waals surface area contributed by atoms with E-state index >= 15 is 0 Å². The summed E-state index contributed by atoms with van der Waals surface area (Å²) in [6.07, 6.45) is 2.11. The van der Waals surface area contributed by atoms with E-state index in [1.807, 2.05) is 13.0 Å². The van der Waals surface area contributed by atoms with E-state index < -0.39 is 0 Å². The Hall–Kier alpha value is -2.10. The topological polar surface area (TPSA) is 94.5 Å². The van der Waals surface area contributed by atoms with Crippen LogP contribution in [0, 0.1) is 0 Å². The first kappa shape index (κ1) is 17.7. The van der Waals surface area contributed by atoms with E-state index in [0.717, 1.165) is 45.0 Å². The molecule has 1 amide bonds. The molecule has 2 aromatic rings. The lowest BCUT2D eigenvalue weighted by Gasteiger charge is -2.36. The van der Waals surface area contributed by atoms with Gasteiger partial charge in [-0.2, -0.15) is 0 Å². The fourth-order valence-electron chi connectivity index (χ4n) is 2.69. The van der Waals surface area contributed by atoms with Crippen molar-refractivity contribution in [3.05, 3.63) is 29.4 Å². The number of carbonyl (C=O) groups is 1. The second-order valence-corrected chi connectivity index (χ2v) is 6.79. The number of carbonyl (C=O) groups excluding carboxylic acids is 1. The van der Waals surface area contributed by atoms with Gasteiger partial charge in [-0.3, -0.25) is 15.0 Å². The molecule has 1 aliphatic rings. The molecule has 3 rings (SSSR count). The van der Waals surface area contributed by atoms with E-state index in [2.05, 4.69) is 30.3 Å². The molecule has 0 aromatic carbocycles. The fourth-order valence-corrected chi connectivity index (χ4v) is 3.13. The lowest BCUT2D eigenvalue weighted by Crippen LogP contribution is -2.48. The smallest absolute Gasteiger partial charge is 0.259 e. The Labute approximate surface area is 150 Å². The van der Waals surface area contributed by atoms with Gasteiger partial charge in [0.25, 0.3) is 5.91 Å².